The van der Waals surface area contributed by atoms with Gasteiger partial charge in [0.2, 0.25) is 0 Å². The monoisotopic (exact) mass is 298 g/mol. The SMILES string of the molecule is CCCCC(C)NCCC1CCCN1C(=O)OC(C)(C)C. The molecular formula is C17H34N2O2. The standard InChI is InChI=1S/C17H34N2O2/c1-6-7-9-14(2)18-12-11-15-10-8-13-19(15)16(20)21-17(3,4)5/h14-15,18H,6-13H2,1-5H3. The number of hydrogen-bond acceptors (Lipinski definition) is 3. The number of hydrogen-bond donors (Lipinski definition) is 1. The van der Waals surface area contributed by atoms with Gasteiger partial charge < -0.3 is 15.0 Å². The molecule has 1 rings (SSSR count). The molecule has 124 valence electrons. The Labute approximate surface area is 130 Å². The Balaban J connectivity index is 2.32. The normalized spacial score (nSPS) is 20.6. The van der Waals surface area contributed by atoms with Gasteiger partial charge in [-0.2, -0.15) is 0 Å². The first-order chi connectivity index (χ1) is 9.83. The fourth-order valence-electron chi connectivity index (χ4n) is 2.81. The third-order valence-electron chi connectivity index (χ3n) is 3.97. The Morgan fingerprint density at radius 2 is 2.14 bits per heavy atom. The zero-order chi connectivity index (χ0) is 15.9. The smallest absolute Gasteiger partial charge is 0.410 e. The van der Waals surface area contributed by atoms with Gasteiger partial charge in [0.25, 0.3) is 0 Å². The van der Waals surface area contributed by atoms with Crippen molar-refractivity contribution in [2.75, 3.05) is 13.1 Å². The molecule has 1 N–H and O–H groups in total. The van der Waals surface area contributed by atoms with Gasteiger partial charge in [0.15, 0.2) is 0 Å². The summed E-state index contributed by atoms with van der Waals surface area (Å²) in [7, 11) is 0. The molecule has 2 atom stereocenters. The predicted octanol–water partition coefficient (Wildman–Crippen LogP) is 3.94. The van der Waals surface area contributed by atoms with Gasteiger partial charge >= 0.3 is 6.09 Å². The fourth-order valence-corrected chi connectivity index (χ4v) is 2.81. The number of rotatable bonds is 7. The van der Waals surface area contributed by atoms with Crippen molar-refractivity contribution < 1.29 is 9.53 Å². The molecule has 0 aromatic heterocycles. The van der Waals surface area contributed by atoms with E-state index in [-0.39, 0.29) is 6.09 Å². The zero-order valence-corrected chi connectivity index (χ0v) is 14.6. The van der Waals surface area contributed by atoms with Crippen LogP contribution in [0.5, 0.6) is 0 Å². The van der Waals surface area contributed by atoms with Gasteiger partial charge in [0.1, 0.15) is 5.60 Å². The van der Waals surface area contributed by atoms with Crippen molar-refractivity contribution in [2.45, 2.75) is 90.8 Å². The van der Waals surface area contributed by atoms with Crippen molar-refractivity contribution >= 4 is 6.09 Å². The first-order valence-corrected chi connectivity index (χ1v) is 8.56. The minimum Gasteiger partial charge on any atom is -0.444 e. The average molecular weight is 298 g/mol. The maximum absolute atomic E-state index is 12.2. The number of nitrogens with one attached hydrogen (secondary N) is 1. The Morgan fingerprint density at radius 1 is 1.43 bits per heavy atom. The van der Waals surface area contributed by atoms with Gasteiger partial charge in [0.05, 0.1) is 0 Å². The maximum atomic E-state index is 12.2. The molecule has 1 aliphatic heterocycles. The molecule has 0 radical (unpaired) electrons. The van der Waals surface area contributed by atoms with E-state index >= 15 is 0 Å². The second kappa shape index (κ2) is 8.62. The molecule has 1 fully saturated rings. The van der Waals surface area contributed by atoms with Crippen LogP contribution in [-0.4, -0.2) is 41.8 Å². The zero-order valence-electron chi connectivity index (χ0n) is 14.6. The first-order valence-electron chi connectivity index (χ1n) is 8.56. The van der Waals surface area contributed by atoms with E-state index in [1.165, 1.54) is 19.3 Å². The van der Waals surface area contributed by atoms with Gasteiger partial charge in [0, 0.05) is 18.6 Å². The molecule has 4 heteroatoms. The molecule has 0 saturated carbocycles. The quantitative estimate of drug-likeness (QED) is 0.774. The van der Waals surface area contributed by atoms with Crippen LogP contribution >= 0.6 is 0 Å². The lowest BCUT2D eigenvalue weighted by molar-refractivity contribution is 0.0220. The van der Waals surface area contributed by atoms with Gasteiger partial charge in [-0.05, 0) is 59.9 Å². The van der Waals surface area contributed by atoms with Gasteiger partial charge in [-0.25, -0.2) is 4.79 Å². The van der Waals surface area contributed by atoms with E-state index < -0.39 is 5.60 Å². The van der Waals surface area contributed by atoms with Crippen LogP contribution in [0.4, 0.5) is 4.79 Å². The van der Waals surface area contributed by atoms with Crippen LogP contribution in [0.25, 0.3) is 0 Å². The van der Waals surface area contributed by atoms with Crippen molar-refractivity contribution in [3.05, 3.63) is 0 Å². The highest BCUT2D eigenvalue weighted by molar-refractivity contribution is 5.68. The molecule has 0 bridgehead atoms. The van der Waals surface area contributed by atoms with Crippen LogP contribution < -0.4 is 5.32 Å². The van der Waals surface area contributed by atoms with Gasteiger partial charge in [-0.15, -0.1) is 0 Å². The topological polar surface area (TPSA) is 41.6 Å². The molecule has 1 amide bonds. The van der Waals surface area contributed by atoms with Crippen LogP contribution in [0.1, 0.15) is 73.1 Å². The summed E-state index contributed by atoms with van der Waals surface area (Å²) in [4.78, 5) is 14.1. The summed E-state index contributed by atoms with van der Waals surface area (Å²) < 4.78 is 5.50. The molecule has 1 heterocycles. The second-order valence-corrected chi connectivity index (χ2v) is 7.26. The summed E-state index contributed by atoms with van der Waals surface area (Å²) in [5.74, 6) is 0. The molecule has 1 aliphatic rings. The van der Waals surface area contributed by atoms with Crippen molar-refractivity contribution in [3.8, 4) is 0 Å². The summed E-state index contributed by atoms with van der Waals surface area (Å²) in [5.41, 5.74) is -0.406. The summed E-state index contributed by atoms with van der Waals surface area (Å²) in [5, 5.41) is 3.57. The third kappa shape index (κ3) is 7.16. The summed E-state index contributed by atoms with van der Waals surface area (Å²) in [6, 6.07) is 0.909. The van der Waals surface area contributed by atoms with E-state index in [0.29, 0.717) is 12.1 Å². The summed E-state index contributed by atoms with van der Waals surface area (Å²) in [6.07, 6.45) is 6.83. The van der Waals surface area contributed by atoms with Crippen molar-refractivity contribution in [1.82, 2.24) is 10.2 Å². The van der Waals surface area contributed by atoms with Crippen LogP contribution in [0.2, 0.25) is 0 Å². The van der Waals surface area contributed by atoms with Gasteiger partial charge in [-0.1, -0.05) is 19.8 Å². The van der Waals surface area contributed by atoms with Crippen LogP contribution in [-0.2, 0) is 4.74 Å². The van der Waals surface area contributed by atoms with E-state index in [4.69, 9.17) is 4.74 Å². The number of carbonyl (C=O) groups is 1. The Hall–Kier alpha value is -0.770. The van der Waals surface area contributed by atoms with Crippen LogP contribution in [0.3, 0.4) is 0 Å². The van der Waals surface area contributed by atoms with Crippen LogP contribution in [0, 0.1) is 0 Å². The molecule has 2 unspecified atom stereocenters. The minimum absolute atomic E-state index is 0.149. The number of carbonyl (C=O) groups excluding carboxylic acids is 1. The molecule has 0 aromatic rings. The molecule has 21 heavy (non-hydrogen) atoms. The molecule has 0 aromatic carbocycles. The molecule has 4 nitrogen and oxygen atoms in total. The van der Waals surface area contributed by atoms with E-state index in [0.717, 1.165) is 32.4 Å². The van der Waals surface area contributed by atoms with E-state index in [2.05, 4.69) is 19.2 Å². The molecule has 1 saturated heterocycles. The highest BCUT2D eigenvalue weighted by Crippen LogP contribution is 2.22. The highest BCUT2D eigenvalue weighted by atomic mass is 16.6. The van der Waals surface area contributed by atoms with E-state index in [1.807, 2.05) is 25.7 Å². The average Bonchev–Trinajstić information content (AvgIpc) is 2.82. The maximum Gasteiger partial charge on any atom is 0.410 e. The first kappa shape index (κ1) is 18.3. The lowest BCUT2D eigenvalue weighted by Crippen LogP contribution is -2.41. The van der Waals surface area contributed by atoms with Crippen LogP contribution in [0.15, 0.2) is 0 Å². The van der Waals surface area contributed by atoms with E-state index in [1.54, 1.807) is 0 Å². The molecular weight excluding hydrogens is 264 g/mol. The fraction of sp³-hybridized carbons (Fsp3) is 0.941. The highest BCUT2D eigenvalue weighted by Gasteiger charge is 2.31. The van der Waals surface area contributed by atoms with Crippen molar-refractivity contribution in [2.24, 2.45) is 0 Å². The number of ether oxygens (including phenoxy) is 1. The molecule has 0 aliphatic carbocycles. The number of amides is 1. The van der Waals surface area contributed by atoms with E-state index in [9.17, 15) is 4.79 Å². The number of unbranched alkanes of at least 4 members (excludes halogenated alkanes) is 1. The third-order valence-corrected chi connectivity index (χ3v) is 3.97. The number of nitrogens with zero attached hydrogens (tertiary/aromatic N) is 1. The minimum atomic E-state index is -0.406. The summed E-state index contributed by atoms with van der Waals surface area (Å²) in [6.45, 7) is 12.1. The van der Waals surface area contributed by atoms with Crippen molar-refractivity contribution in [1.29, 1.82) is 0 Å². The second-order valence-electron chi connectivity index (χ2n) is 7.26. The lowest BCUT2D eigenvalue weighted by Gasteiger charge is -2.29. The van der Waals surface area contributed by atoms with Gasteiger partial charge in [-0.3, -0.25) is 0 Å². The molecule has 0 spiro atoms. The largest absolute Gasteiger partial charge is 0.444 e. The summed E-state index contributed by atoms with van der Waals surface area (Å²) >= 11 is 0. The Kier molecular flexibility index (Phi) is 7.50. The Morgan fingerprint density at radius 3 is 2.76 bits per heavy atom. The lowest BCUT2D eigenvalue weighted by atomic mass is 10.1. The Bertz CT molecular complexity index is 312. The van der Waals surface area contributed by atoms with Crippen molar-refractivity contribution in [3.63, 3.8) is 0 Å². The predicted molar refractivity (Wildman–Crippen MR) is 87.6 cm³/mol. The number of likely N-dealkylation sites (tertiary alicyclic amines) is 1.